The number of hydrogen-bond donors (Lipinski definition) is 2. The van der Waals surface area contributed by atoms with E-state index in [2.05, 4.69) is 24.5 Å². The SMILES string of the molecule is CC1(C)CC(NC(=O)C2CNC2)c2ccccc2O1. The molecule has 0 saturated carbocycles. The van der Waals surface area contributed by atoms with Crippen molar-refractivity contribution >= 4 is 5.91 Å². The van der Waals surface area contributed by atoms with E-state index in [0.717, 1.165) is 30.8 Å². The molecule has 19 heavy (non-hydrogen) atoms. The van der Waals surface area contributed by atoms with E-state index in [1.165, 1.54) is 0 Å². The molecule has 3 rings (SSSR count). The molecule has 1 saturated heterocycles. The summed E-state index contributed by atoms with van der Waals surface area (Å²) >= 11 is 0. The average molecular weight is 260 g/mol. The first-order valence-electron chi connectivity index (χ1n) is 6.84. The third kappa shape index (κ3) is 2.45. The summed E-state index contributed by atoms with van der Waals surface area (Å²) in [5.41, 5.74) is 0.840. The van der Waals surface area contributed by atoms with Crippen molar-refractivity contribution in [1.82, 2.24) is 10.6 Å². The van der Waals surface area contributed by atoms with Gasteiger partial charge < -0.3 is 15.4 Å². The van der Waals surface area contributed by atoms with Gasteiger partial charge in [0.25, 0.3) is 0 Å². The number of para-hydroxylation sites is 1. The summed E-state index contributed by atoms with van der Waals surface area (Å²) in [4.78, 5) is 12.1. The Labute approximate surface area is 113 Å². The third-order valence-electron chi connectivity index (χ3n) is 3.85. The van der Waals surface area contributed by atoms with E-state index < -0.39 is 0 Å². The molecular weight excluding hydrogens is 240 g/mol. The van der Waals surface area contributed by atoms with Gasteiger partial charge in [-0.2, -0.15) is 0 Å². The number of fused-ring (bicyclic) bond motifs is 1. The highest BCUT2D eigenvalue weighted by molar-refractivity contribution is 5.80. The Kier molecular flexibility index (Phi) is 2.97. The van der Waals surface area contributed by atoms with Gasteiger partial charge in [0, 0.05) is 25.1 Å². The van der Waals surface area contributed by atoms with Gasteiger partial charge in [-0.15, -0.1) is 0 Å². The first-order valence-corrected chi connectivity index (χ1v) is 6.84. The van der Waals surface area contributed by atoms with Gasteiger partial charge in [-0.05, 0) is 19.9 Å². The van der Waals surface area contributed by atoms with E-state index >= 15 is 0 Å². The fourth-order valence-corrected chi connectivity index (χ4v) is 2.69. The van der Waals surface area contributed by atoms with E-state index in [1.807, 2.05) is 24.3 Å². The van der Waals surface area contributed by atoms with Gasteiger partial charge in [0.15, 0.2) is 0 Å². The van der Waals surface area contributed by atoms with E-state index in [-0.39, 0.29) is 23.5 Å². The van der Waals surface area contributed by atoms with Crippen LogP contribution in [0, 0.1) is 5.92 Å². The zero-order valence-electron chi connectivity index (χ0n) is 11.4. The van der Waals surface area contributed by atoms with E-state index in [0.29, 0.717) is 0 Å². The zero-order chi connectivity index (χ0) is 13.5. The summed E-state index contributed by atoms with van der Waals surface area (Å²) in [7, 11) is 0. The van der Waals surface area contributed by atoms with Crippen molar-refractivity contribution in [3.05, 3.63) is 29.8 Å². The highest BCUT2D eigenvalue weighted by Crippen LogP contribution is 2.39. The molecule has 2 heterocycles. The lowest BCUT2D eigenvalue weighted by Crippen LogP contribution is -2.52. The summed E-state index contributed by atoms with van der Waals surface area (Å²) in [6.07, 6.45) is 0.801. The van der Waals surface area contributed by atoms with Gasteiger partial charge in [0.2, 0.25) is 5.91 Å². The highest BCUT2D eigenvalue weighted by Gasteiger charge is 2.36. The van der Waals surface area contributed by atoms with Crippen molar-refractivity contribution in [2.75, 3.05) is 13.1 Å². The predicted octanol–water partition coefficient (Wildman–Crippen LogP) is 1.62. The zero-order valence-corrected chi connectivity index (χ0v) is 11.4. The lowest BCUT2D eigenvalue weighted by molar-refractivity contribution is -0.127. The molecule has 2 N–H and O–H groups in total. The van der Waals surface area contributed by atoms with Crippen molar-refractivity contribution in [3.8, 4) is 5.75 Å². The standard InChI is InChI=1S/C15H20N2O2/c1-15(2)7-12(17-14(18)10-8-16-9-10)11-5-3-4-6-13(11)19-15/h3-6,10,12,16H,7-9H2,1-2H3,(H,17,18). The Balaban J connectivity index is 1.81. The van der Waals surface area contributed by atoms with Crippen molar-refractivity contribution in [2.45, 2.75) is 31.9 Å². The van der Waals surface area contributed by atoms with Crippen molar-refractivity contribution in [1.29, 1.82) is 0 Å². The molecule has 0 aliphatic carbocycles. The maximum atomic E-state index is 12.1. The van der Waals surface area contributed by atoms with Gasteiger partial charge in [-0.3, -0.25) is 4.79 Å². The molecule has 1 aromatic rings. The molecule has 4 nitrogen and oxygen atoms in total. The number of carbonyl (C=O) groups excluding carboxylic acids is 1. The molecular formula is C15H20N2O2. The first kappa shape index (κ1) is 12.5. The van der Waals surface area contributed by atoms with Crippen LogP contribution >= 0.6 is 0 Å². The predicted molar refractivity (Wildman–Crippen MR) is 73.0 cm³/mol. The minimum Gasteiger partial charge on any atom is -0.487 e. The van der Waals surface area contributed by atoms with Gasteiger partial charge in [0.05, 0.1) is 12.0 Å². The van der Waals surface area contributed by atoms with Crippen LogP contribution in [0.15, 0.2) is 24.3 Å². The number of hydrogen-bond acceptors (Lipinski definition) is 3. The minimum atomic E-state index is -0.246. The summed E-state index contributed by atoms with van der Waals surface area (Å²) in [6.45, 7) is 5.71. The normalized spacial score (nSPS) is 24.8. The molecule has 1 unspecified atom stereocenters. The monoisotopic (exact) mass is 260 g/mol. The second-order valence-corrected chi connectivity index (χ2v) is 6.02. The lowest BCUT2D eigenvalue weighted by Gasteiger charge is -2.39. The van der Waals surface area contributed by atoms with Crippen LogP contribution in [0.4, 0.5) is 0 Å². The van der Waals surface area contributed by atoms with Crippen LogP contribution in [-0.2, 0) is 4.79 Å². The fraction of sp³-hybridized carbons (Fsp3) is 0.533. The maximum absolute atomic E-state index is 12.1. The van der Waals surface area contributed by atoms with Crippen LogP contribution in [-0.4, -0.2) is 24.6 Å². The molecule has 2 aliphatic heterocycles. The van der Waals surface area contributed by atoms with E-state index in [4.69, 9.17) is 4.74 Å². The van der Waals surface area contributed by atoms with Gasteiger partial charge in [-0.1, -0.05) is 18.2 Å². The summed E-state index contributed by atoms with van der Waals surface area (Å²) in [6, 6.07) is 8.02. The smallest absolute Gasteiger partial charge is 0.226 e. The Morgan fingerprint density at radius 1 is 1.37 bits per heavy atom. The van der Waals surface area contributed by atoms with Crippen LogP contribution < -0.4 is 15.4 Å². The third-order valence-corrected chi connectivity index (χ3v) is 3.85. The highest BCUT2D eigenvalue weighted by atomic mass is 16.5. The average Bonchev–Trinajstić information content (AvgIpc) is 2.24. The van der Waals surface area contributed by atoms with Gasteiger partial charge in [-0.25, -0.2) is 0 Å². The Morgan fingerprint density at radius 3 is 2.79 bits per heavy atom. The molecule has 1 atom stereocenters. The molecule has 1 fully saturated rings. The first-order chi connectivity index (χ1) is 9.05. The summed E-state index contributed by atoms with van der Waals surface area (Å²) in [5.74, 6) is 1.16. The molecule has 1 amide bonds. The largest absolute Gasteiger partial charge is 0.487 e. The molecule has 2 aliphatic rings. The van der Waals surface area contributed by atoms with E-state index in [9.17, 15) is 4.79 Å². The number of rotatable bonds is 2. The van der Waals surface area contributed by atoms with Gasteiger partial charge in [0.1, 0.15) is 11.4 Å². The number of nitrogens with one attached hydrogen (secondary N) is 2. The molecule has 0 bridgehead atoms. The molecule has 4 heteroatoms. The summed E-state index contributed by atoms with van der Waals surface area (Å²) < 4.78 is 5.97. The topological polar surface area (TPSA) is 50.4 Å². The quantitative estimate of drug-likeness (QED) is 0.849. The van der Waals surface area contributed by atoms with Crippen molar-refractivity contribution in [3.63, 3.8) is 0 Å². The number of ether oxygens (including phenoxy) is 1. The summed E-state index contributed by atoms with van der Waals surface area (Å²) in [5, 5.41) is 6.30. The lowest BCUT2D eigenvalue weighted by atomic mass is 9.89. The molecule has 0 aromatic heterocycles. The fourth-order valence-electron chi connectivity index (χ4n) is 2.69. The minimum absolute atomic E-state index is 0.0491. The van der Waals surface area contributed by atoms with Gasteiger partial charge >= 0.3 is 0 Å². The van der Waals surface area contributed by atoms with E-state index in [1.54, 1.807) is 0 Å². The number of benzene rings is 1. The van der Waals surface area contributed by atoms with Crippen molar-refractivity contribution in [2.24, 2.45) is 5.92 Å². The van der Waals surface area contributed by atoms with Crippen LogP contribution in [0.5, 0.6) is 5.75 Å². The molecule has 102 valence electrons. The Morgan fingerprint density at radius 2 is 2.11 bits per heavy atom. The second-order valence-electron chi connectivity index (χ2n) is 6.02. The Hall–Kier alpha value is -1.55. The Bertz CT molecular complexity index is 495. The van der Waals surface area contributed by atoms with Crippen LogP contribution in [0.3, 0.4) is 0 Å². The molecule has 0 spiro atoms. The van der Waals surface area contributed by atoms with Crippen molar-refractivity contribution < 1.29 is 9.53 Å². The van der Waals surface area contributed by atoms with Crippen LogP contribution in [0.2, 0.25) is 0 Å². The van der Waals surface area contributed by atoms with Crippen LogP contribution in [0.25, 0.3) is 0 Å². The number of amides is 1. The molecule has 0 radical (unpaired) electrons. The number of carbonyl (C=O) groups is 1. The second kappa shape index (κ2) is 4.53. The molecule has 1 aromatic carbocycles. The maximum Gasteiger partial charge on any atom is 0.226 e. The van der Waals surface area contributed by atoms with Crippen LogP contribution in [0.1, 0.15) is 31.9 Å².